The van der Waals surface area contributed by atoms with Gasteiger partial charge in [-0.1, -0.05) is 0 Å². The number of carbonyl (C=O) groups is 2. The second-order valence-corrected chi connectivity index (χ2v) is 8.97. The van der Waals surface area contributed by atoms with E-state index >= 15 is 0 Å². The van der Waals surface area contributed by atoms with E-state index in [1.54, 1.807) is 12.1 Å². The summed E-state index contributed by atoms with van der Waals surface area (Å²) in [6.07, 6.45) is 3.86. The molecule has 9 heteroatoms. The number of nitrogens with one attached hydrogen (secondary N) is 1. The highest BCUT2D eigenvalue weighted by Crippen LogP contribution is 2.37. The molecule has 31 heavy (non-hydrogen) atoms. The first-order valence-electron chi connectivity index (χ1n) is 10.4. The fraction of sp³-hybridized carbons (Fsp3) is 0.409. The summed E-state index contributed by atoms with van der Waals surface area (Å²) < 4.78 is 14.3. The average Bonchev–Trinajstić information content (AvgIpc) is 3.12. The van der Waals surface area contributed by atoms with Crippen molar-refractivity contribution >= 4 is 33.8 Å². The van der Waals surface area contributed by atoms with Crippen LogP contribution in [0.4, 0.5) is 15.1 Å². The van der Waals surface area contributed by atoms with E-state index in [0.29, 0.717) is 48.0 Å². The van der Waals surface area contributed by atoms with Gasteiger partial charge in [-0.3, -0.25) is 14.5 Å². The maximum atomic E-state index is 14.3. The van der Waals surface area contributed by atoms with Crippen molar-refractivity contribution in [1.29, 1.82) is 5.26 Å². The minimum Gasteiger partial charge on any atom is -0.367 e. The third-order valence-electron chi connectivity index (χ3n) is 5.83. The molecule has 2 aliphatic rings. The van der Waals surface area contributed by atoms with Crippen LogP contribution in [0.15, 0.2) is 18.2 Å². The molecular weight excluding hydrogens is 417 g/mol. The number of rotatable bonds is 5. The smallest absolute Gasteiger partial charge is 0.251 e. The Bertz CT molecular complexity index is 1050. The first-order valence-corrected chi connectivity index (χ1v) is 11.2. The van der Waals surface area contributed by atoms with Gasteiger partial charge in [-0.25, -0.2) is 4.39 Å². The lowest BCUT2D eigenvalue weighted by Crippen LogP contribution is -2.49. The zero-order chi connectivity index (χ0) is 22.0. The largest absolute Gasteiger partial charge is 0.367 e. The lowest BCUT2D eigenvalue weighted by molar-refractivity contribution is -0.117. The zero-order valence-corrected chi connectivity index (χ0v) is 17.9. The molecule has 1 fully saturated rings. The molecule has 0 saturated carbocycles. The summed E-state index contributed by atoms with van der Waals surface area (Å²) in [6, 6.07) is 6.41. The van der Waals surface area contributed by atoms with Gasteiger partial charge in [-0.05, 0) is 49.4 Å². The van der Waals surface area contributed by atoms with Gasteiger partial charge in [0.2, 0.25) is 5.91 Å². The number of amides is 2. The Morgan fingerprint density at radius 2 is 1.94 bits per heavy atom. The Hall–Kier alpha value is -2.96. The van der Waals surface area contributed by atoms with E-state index in [9.17, 15) is 14.0 Å². The van der Waals surface area contributed by atoms with E-state index in [-0.39, 0.29) is 12.5 Å². The van der Waals surface area contributed by atoms with E-state index in [4.69, 9.17) is 11.0 Å². The van der Waals surface area contributed by atoms with Gasteiger partial charge < -0.3 is 16.0 Å². The standard InChI is InChI=1S/C22H24FN5O2S/c23-16-11-14(12-24)5-6-17(16)28-9-7-27(8-10-28)13-19(29)26-22-20(21(25)30)15-3-1-2-4-18(15)31-22/h5-6,11H,1-4,7-10,13H2,(H2,25,30)(H,26,29). The highest BCUT2D eigenvalue weighted by atomic mass is 32.1. The summed E-state index contributed by atoms with van der Waals surface area (Å²) in [5.41, 5.74) is 7.82. The number of anilines is 2. The molecule has 1 aliphatic heterocycles. The number of hydrogen-bond acceptors (Lipinski definition) is 6. The first kappa shape index (κ1) is 21.3. The highest BCUT2D eigenvalue weighted by Gasteiger charge is 2.26. The number of primary amides is 1. The molecular formula is C22H24FN5O2S. The molecule has 0 spiro atoms. The number of nitriles is 1. The van der Waals surface area contributed by atoms with Crippen LogP contribution >= 0.6 is 11.3 Å². The van der Waals surface area contributed by atoms with Crippen LogP contribution in [0.3, 0.4) is 0 Å². The Balaban J connectivity index is 1.35. The van der Waals surface area contributed by atoms with Crippen molar-refractivity contribution in [3.63, 3.8) is 0 Å². The molecule has 3 N–H and O–H groups in total. The summed E-state index contributed by atoms with van der Waals surface area (Å²) in [4.78, 5) is 29.7. The number of thiophene rings is 1. The van der Waals surface area contributed by atoms with Crippen molar-refractivity contribution in [2.24, 2.45) is 5.73 Å². The van der Waals surface area contributed by atoms with Gasteiger partial charge in [-0.2, -0.15) is 5.26 Å². The molecule has 1 aromatic carbocycles. The van der Waals surface area contributed by atoms with Crippen molar-refractivity contribution in [2.45, 2.75) is 25.7 Å². The number of nitrogens with two attached hydrogens (primary N) is 1. The molecule has 2 heterocycles. The maximum Gasteiger partial charge on any atom is 0.251 e. The van der Waals surface area contributed by atoms with Crippen molar-refractivity contribution in [3.05, 3.63) is 45.6 Å². The van der Waals surface area contributed by atoms with Crippen molar-refractivity contribution < 1.29 is 14.0 Å². The second kappa shape index (κ2) is 9.04. The second-order valence-electron chi connectivity index (χ2n) is 7.87. The molecule has 0 radical (unpaired) electrons. The Labute approximate surface area is 184 Å². The van der Waals surface area contributed by atoms with Crippen LogP contribution in [0.2, 0.25) is 0 Å². The van der Waals surface area contributed by atoms with E-state index < -0.39 is 11.7 Å². The SMILES string of the molecule is N#Cc1ccc(N2CCN(CC(=O)Nc3sc4c(c3C(N)=O)CCCC4)CC2)c(F)c1. The molecule has 162 valence electrons. The number of hydrogen-bond donors (Lipinski definition) is 2. The van der Waals surface area contributed by atoms with Gasteiger partial charge in [0.15, 0.2) is 0 Å². The third kappa shape index (κ3) is 4.55. The van der Waals surface area contributed by atoms with Gasteiger partial charge in [0.05, 0.1) is 29.4 Å². The van der Waals surface area contributed by atoms with Crippen LogP contribution in [0, 0.1) is 17.1 Å². The molecule has 0 bridgehead atoms. The normalized spacial score (nSPS) is 16.5. The molecule has 1 saturated heterocycles. The quantitative estimate of drug-likeness (QED) is 0.742. The summed E-state index contributed by atoms with van der Waals surface area (Å²) in [6.45, 7) is 2.57. The van der Waals surface area contributed by atoms with E-state index in [0.717, 1.165) is 36.1 Å². The number of benzene rings is 1. The van der Waals surface area contributed by atoms with Gasteiger partial charge in [0.1, 0.15) is 10.8 Å². The Morgan fingerprint density at radius 3 is 2.61 bits per heavy atom. The number of aryl methyl sites for hydroxylation is 1. The first-order chi connectivity index (χ1) is 15.0. The van der Waals surface area contributed by atoms with E-state index in [1.807, 2.05) is 15.9 Å². The van der Waals surface area contributed by atoms with Crippen LogP contribution in [0.25, 0.3) is 0 Å². The number of piperazine rings is 1. The van der Waals surface area contributed by atoms with Crippen LogP contribution in [0.5, 0.6) is 0 Å². The minimum atomic E-state index is -0.493. The van der Waals surface area contributed by atoms with Crippen molar-refractivity contribution in [3.8, 4) is 6.07 Å². The molecule has 2 amide bonds. The molecule has 0 unspecified atom stereocenters. The predicted octanol–water partition coefficient (Wildman–Crippen LogP) is 2.50. The van der Waals surface area contributed by atoms with Crippen molar-refractivity contribution in [1.82, 2.24) is 4.90 Å². The number of fused-ring (bicyclic) bond motifs is 1. The van der Waals surface area contributed by atoms with E-state index in [1.165, 1.54) is 17.4 Å². The molecule has 2 aromatic rings. The Morgan fingerprint density at radius 1 is 1.19 bits per heavy atom. The monoisotopic (exact) mass is 441 g/mol. The van der Waals surface area contributed by atoms with Gasteiger partial charge in [-0.15, -0.1) is 11.3 Å². The van der Waals surface area contributed by atoms with Crippen LogP contribution in [0.1, 0.15) is 39.2 Å². The lowest BCUT2D eigenvalue weighted by atomic mass is 9.95. The molecule has 1 aromatic heterocycles. The topological polar surface area (TPSA) is 102 Å². The number of carbonyl (C=O) groups excluding carboxylic acids is 2. The van der Waals surface area contributed by atoms with Crippen LogP contribution in [-0.4, -0.2) is 49.4 Å². The summed E-state index contributed by atoms with van der Waals surface area (Å²) in [5.74, 6) is -1.09. The molecule has 0 atom stereocenters. The van der Waals surface area contributed by atoms with E-state index in [2.05, 4.69) is 5.32 Å². The van der Waals surface area contributed by atoms with Crippen molar-refractivity contribution in [2.75, 3.05) is 42.9 Å². The fourth-order valence-corrected chi connectivity index (χ4v) is 5.57. The lowest BCUT2D eigenvalue weighted by Gasteiger charge is -2.35. The maximum absolute atomic E-state index is 14.3. The summed E-state index contributed by atoms with van der Waals surface area (Å²) in [5, 5.41) is 12.3. The van der Waals surface area contributed by atoms with Crippen LogP contribution < -0.4 is 16.0 Å². The predicted molar refractivity (Wildman–Crippen MR) is 118 cm³/mol. The van der Waals surface area contributed by atoms with Gasteiger partial charge in [0, 0.05) is 31.1 Å². The summed E-state index contributed by atoms with van der Waals surface area (Å²) in [7, 11) is 0. The average molecular weight is 442 g/mol. The minimum absolute atomic E-state index is 0.181. The highest BCUT2D eigenvalue weighted by molar-refractivity contribution is 7.17. The number of halogens is 1. The van der Waals surface area contributed by atoms with Crippen LogP contribution in [-0.2, 0) is 17.6 Å². The molecule has 4 rings (SSSR count). The Kier molecular flexibility index (Phi) is 6.20. The third-order valence-corrected chi connectivity index (χ3v) is 7.03. The molecule has 1 aliphatic carbocycles. The van der Waals surface area contributed by atoms with Gasteiger partial charge in [0.25, 0.3) is 5.91 Å². The van der Waals surface area contributed by atoms with Gasteiger partial charge >= 0.3 is 0 Å². The fourth-order valence-electron chi connectivity index (χ4n) is 4.26. The number of nitrogens with zero attached hydrogens (tertiary/aromatic N) is 3. The zero-order valence-electron chi connectivity index (χ0n) is 17.1. The summed E-state index contributed by atoms with van der Waals surface area (Å²) >= 11 is 1.46. The molecule has 7 nitrogen and oxygen atoms in total.